The van der Waals surface area contributed by atoms with Gasteiger partial charge in [0.2, 0.25) is 0 Å². The van der Waals surface area contributed by atoms with Crippen molar-refractivity contribution in [2.45, 2.75) is 25.9 Å². The second-order valence-electron chi connectivity index (χ2n) is 2.92. The highest BCUT2D eigenvalue weighted by molar-refractivity contribution is 9.10. The van der Waals surface area contributed by atoms with Crippen LogP contribution in [0.15, 0.2) is 22.9 Å². The molecule has 1 atom stereocenters. The average molecular weight is 254 g/mol. The summed E-state index contributed by atoms with van der Waals surface area (Å²) in [6.07, 6.45) is 4.26. The molecule has 1 aromatic rings. The van der Waals surface area contributed by atoms with Crippen LogP contribution in [0.5, 0.6) is 0 Å². The summed E-state index contributed by atoms with van der Waals surface area (Å²) in [5, 5.41) is 9.74. The first-order chi connectivity index (χ1) is 6.74. The first-order valence-corrected chi connectivity index (χ1v) is 5.21. The van der Waals surface area contributed by atoms with Crippen molar-refractivity contribution in [2.24, 2.45) is 0 Å². The number of rotatable bonds is 3. The van der Waals surface area contributed by atoms with Crippen LogP contribution in [0.3, 0.4) is 0 Å². The van der Waals surface area contributed by atoms with Crippen molar-refractivity contribution in [3.8, 4) is 11.8 Å². The molecule has 0 aromatic carbocycles. The Labute approximate surface area is 92.5 Å². The molecule has 0 saturated heterocycles. The predicted molar refractivity (Wildman–Crippen MR) is 59.6 cm³/mol. The molecule has 74 valence electrons. The van der Waals surface area contributed by atoms with E-state index in [2.05, 4.69) is 32.8 Å². The van der Waals surface area contributed by atoms with Gasteiger partial charge in [-0.2, -0.15) is 0 Å². The van der Waals surface area contributed by atoms with Crippen molar-refractivity contribution in [1.82, 2.24) is 4.98 Å². The van der Waals surface area contributed by atoms with Gasteiger partial charge >= 0.3 is 0 Å². The molecule has 0 saturated carbocycles. The molecular formula is C11H12BrNO. The Bertz CT molecular complexity index is 354. The van der Waals surface area contributed by atoms with Crippen LogP contribution in [0.2, 0.25) is 0 Å². The minimum Gasteiger partial charge on any atom is -0.388 e. The highest BCUT2D eigenvalue weighted by Gasteiger charge is 2.06. The van der Waals surface area contributed by atoms with Gasteiger partial charge in [-0.1, -0.05) is 0 Å². The van der Waals surface area contributed by atoms with Crippen molar-refractivity contribution < 1.29 is 5.11 Å². The Morgan fingerprint density at radius 1 is 1.57 bits per heavy atom. The van der Waals surface area contributed by atoms with Crippen LogP contribution in [-0.2, 0) is 0 Å². The van der Waals surface area contributed by atoms with E-state index < -0.39 is 6.10 Å². The van der Waals surface area contributed by atoms with E-state index >= 15 is 0 Å². The van der Waals surface area contributed by atoms with Gasteiger partial charge in [-0.3, -0.25) is 4.98 Å². The molecule has 1 unspecified atom stereocenters. The first kappa shape index (κ1) is 11.2. The lowest BCUT2D eigenvalue weighted by Crippen LogP contribution is -1.97. The molecular weight excluding hydrogens is 242 g/mol. The summed E-state index contributed by atoms with van der Waals surface area (Å²) in [6.45, 7) is 1.80. The number of aliphatic hydroxyl groups is 1. The molecule has 14 heavy (non-hydrogen) atoms. The lowest BCUT2D eigenvalue weighted by molar-refractivity contribution is 0.169. The van der Waals surface area contributed by atoms with Gasteiger partial charge in [0.25, 0.3) is 0 Å². The number of hydrogen-bond acceptors (Lipinski definition) is 2. The van der Waals surface area contributed by atoms with E-state index in [4.69, 9.17) is 0 Å². The van der Waals surface area contributed by atoms with Crippen molar-refractivity contribution in [2.75, 3.05) is 0 Å². The lowest BCUT2D eigenvalue weighted by Gasteiger charge is -2.08. The molecule has 3 heteroatoms. The molecule has 0 aliphatic carbocycles. The maximum Gasteiger partial charge on any atom is 0.0814 e. The van der Waals surface area contributed by atoms with E-state index in [1.807, 2.05) is 6.07 Å². The number of hydrogen-bond donors (Lipinski definition) is 1. The highest BCUT2D eigenvalue weighted by atomic mass is 79.9. The Hall–Kier alpha value is -0.850. The quantitative estimate of drug-likeness (QED) is 0.841. The second kappa shape index (κ2) is 5.79. The van der Waals surface area contributed by atoms with E-state index in [0.717, 1.165) is 10.0 Å². The Kier molecular flexibility index (Phi) is 4.64. The standard InChI is InChI=1S/C11H12BrNO/c1-2-3-4-5-11(14)9-6-10(12)8-13-7-9/h6-8,11,14H,4-5H2,1H3. The van der Waals surface area contributed by atoms with Gasteiger partial charge in [0.05, 0.1) is 6.10 Å². The SMILES string of the molecule is CC#CCCC(O)c1cncc(Br)c1. The average Bonchev–Trinajstić information content (AvgIpc) is 2.18. The summed E-state index contributed by atoms with van der Waals surface area (Å²) < 4.78 is 0.885. The minimum absolute atomic E-state index is 0.471. The largest absolute Gasteiger partial charge is 0.388 e. The molecule has 2 nitrogen and oxygen atoms in total. The lowest BCUT2D eigenvalue weighted by atomic mass is 10.1. The molecule has 1 N–H and O–H groups in total. The predicted octanol–water partition coefficient (Wildman–Crippen LogP) is 2.68. The minimum atomic E-state index is -0.471. The molecule has 1 rings (SSSR count). The summed E-state index contributed by atoms with van der Waals surface area (Å²) in [5.74, 6) is 5.72. The Morgan fingerprint density at radius 3 is 3.00 bits per heavy atom. The fourth-order valence-corrected chi connectivity index (χ4v) is 1.49. The molecule has 1 heterocycles. The number of nitrogens with zero attached hydrogens (tertiary/aromatic N) is 1. The highest BCUT2D eigenvalue weighted by Crippen LogP contribution is 2.20. The third kappa shape index (κ3) is 3.49. The van der Waals surface area contributed by atoms with Crippen molar-refractivity contribution in [1.29, 1.82) is 0 Å². The Morgan fingerprint density at radius 2 is 2.36 bits per heavy atom. The van der Waals surface area contributed by atoms with Crippen molar-refractivity contribution in [3.63, 3.8) is 0 Å². The summed E-state index contributed by atoms with van der Waals surface area (Å²) in [4.78, 5) is 3.99. The van der Waals surface area contributed by atoms with Crippen molar-refractivity contribution >= 4 is 15.9 Å². The van der Waals surface area contributed by atoms with Crippen LogP contribution in [0, 0.1) is 11.8 Å². The number of aromatic nitrogens is 1. The number of pyridine rings is 1. The van der Waals surface area contributed by atoms with Gasteiger partial charge in [-0.15, -0.1) is 11.8 Å². The summed E-state index contributed by atoms with van der Waals surface area (Å²) in [6, 6.07) is 1.87. The zero-order chi connectivity index (χ0) is 10.4. The van der Waals surface area contributed by atoms with Gasteiger partial charge < -0.3 is 5.11 Å². The third-order valence-electron chi connectivity index (χ3n) is 1.83. The fraction of sp³-hybridized carbons (Fsp3) is 0.364. The maximum atomic E-state index is 9.74. The van der Waals surface area contributed by atoms with Crippen LogP contribution in [-0.4, -0.2) is 10.1 Å². The summed E-state index contributed by atoms with van der Waals surface area (Å²) in [5.41, 5.74) is 0.831. The molecule has 0 spiro atoms. The topological polar surface area (TPSA) is 33.1 Å². The number of halogens is 1. The molecule has 0 radical (unpaired) electrons. The smallest absolute Gasteiger partial charge is 0.0814 e. The van der Waals surface area contributed by atoms with E-state index in [1.54, 1.807) is 19.3 Å². The molecule has 0 amide bonds. The van der Waals surface area contributed by atoms with Gasteiger partial charge in [0.1, 0.15) is 0 Å². The molecule has 0 aliphatic heterocycles. The zero-order valence-electron chi connectivity index (χ0n) is 8.00. The zero-order valence-corrected chi connectivity index (χ0v) is 9.58. The molecule has 0 aliphatic rings. The van der Waals surface area contributed by atoms with Crippen LogP contribution in [0.25, 0.3) is 0 Å². The second-order valence-corrected chi connectivity index (χ2v) is 3.83. The normalized spacial score (nSPS) is 11.6. The van der Waals surface area contributed by atoms with Crippen LogP contribution < -0.4 is 0 Å². The fourth-order valence-electron chi connectivity index (χ4n) is 1.11. The number of aliphatic hydroxyl groups excluding tert-OH is 1. The summed E-state index contributed by atoms with van der Waals surface area (Å²) in [7, 11) is 0. The van der Waals surface area contributed by atoms with E-state index in [1.165, 1.54) is 0 Å². The van der Waals surface area contributed by atoms with Crippen LogP contribution in [0.4, 0.5) is 0 Å². The molecule has 0 bridgehead atoms. The van der Waals surface area contributed by atoms with Crippen LogP contribution >= 0.6 is 15.9 Å². The first-order valence-electron chi connectivity index (χ1n) is 4.42. The van der Waals surface area contributed by atoms with E-state index in [-0.39, 0.29) is 0 Å². The molecule has 1 aromatic heterocycles. The van der Waals surface area contributed by atoms with Crippen molar-refractivity contribution in [3.05, 3.63) is 28.5 Å². The van der Waals surface area contributed by atoms with E-state index in [0.29, 0.717) is 12.8 Å². The third-order valence-corrected chi connectivity index (χ3v) is 2.26. The van der Waals surface area contributed by atoms with Crippen LogP contribution in [0.1, 0.15) is 31.4 Å². The molecule has 0 fully saturated rings. The monoisotopic (exact) mass is 253 g/mol. The maximum absolute atomic E-state index is 9.74. The van der Waals surface area contributed by atoms with Gasteiger partial charge in [0, 0.05) is 23.3 Å². The van der Waals surface area contributed by atoms with Gasteiger partial charge in [0.15, 0.2) is 0 Å². The summed E-state index contributed by atoms with van der Waals surface area (Å²) >= 11 is 3.31. The van der Waals surface area contributed by atoms with E-state index in [9.17, 15) is 5.11 Å². The Balaban J connectivity index is 2.58. The van der Waals surface area contributed by atoms with Gasteiger partial charge in [-0.25, -0.2) is 0 Å². The van der Waals surface area contributed by atoms with Gasteiger partial charge in [-0.05, 0) is 40.9 Å².